The van der Waals surface area contributed by atoms with Crippen LogP contribution in [0, 0.1) is 5.82 Å². The molecule has 0 radical (unpaired) electrons. The van der Waals surface area contributed by atoms with Crippen molar-refractivity contribution in [2.45, 2.75) is 25.0 Å². The summed E-state index contributed by atoms with van der Waals surface area (Å²) in [5.74, 6) is -0.0661. The van der Waals surface area contributed by atoms with E-state index in [1.54, 1.807) is 6.07 Å². The maximum atomic E-state index is 14.0. The smallest absolute Gasteiger partial charge is 0.197 e. The first-order valence-electron chi connectivity index (χ1n) is 7.40. The molecule has 0 aromatic heterocycles. The zero-order valence-electron chi connectivity index (χ0n) is 11.9. The molecule has 5 nitrogen and oxygen atoms in total. The molecule has 1 saturated heterocycles. The van der Waals surface area contributed by atoms with E-state index in [-0.39, 0.29) is 5.75 Å². The van der Waals surface area contributed by atoms with Crippen LogP contribution in [0.1, 0.15) is 24.5 Å². The third-order valence-electron chi connectivity index (χ3n) is 4.03. The Morgan fingerprint density at radius 2 is 1.95 bits per heavy atom. The van der Waals surface area contributed by atoms with Gasteiger partial charge in [-0.3, -0.25) is 0 Å². The predicted octanol–water partition coefficient (Wildman–Crippen LogP) is 1.05. The second kappa shape index (κ2) is 6.17. The quantitative estimate of drug-likeness (QED) is 0.869. The molecular formula is C15H21FN2O3. The highest BCUT2D eigenvalue weighted by Crippen LogP contribution is 2.36. The molecule has 1 unspecified atom stereocenters. The standard InChI is InChI=1S/C15H21FN2O3/c16-11-7-10(8-13-15(11)21-6-5-20-13)14(19)12(17)9-18-3-1-2-4-18/h7-8,12,14,19H,1-6,9,17H2/t12?,14-/m1/s1. The minimum absolute atomic E-state index is 0.116. The summed E-state index contributed by atoms with van der Waals surface area (Å²) in [6, 6.07) is 2.44. The van der Waals surface area contributed by atoms with E-state index in [4.69, 9.17) is 15.2 Å². The van der Waals surface area contributed by atoms with E-state index in [1.807, 2.05) is 0 Å². The number of halogens is 1. The van der Waals surface area contributed by atoms with Gasteiger partial charge < -0.3 is 25.2 Å². The molecule has 0 aliphatic carbocycles. The van der Waals surface area contributed by atoms with Crippen LogP contribution >= 0.6 is 0 Å². The largest absolute Gasteiger partial charge is 0.486 e. The molecule has 1 aromatic rings. The average molecular weight is 296 g/mol. The minimum Gasteiger partial charge on any atom is -0.486 e. The van der Waals surface area contributed by atoms with Gasteiger partial charge in [0.15, 0.2) is 17.3 Å². The molecule has 0 amide bonds. The summed E-state index contributed by atoms with van der Waals surface area (Å²) < 4.78 is 24.6. The number of aliphatic hydroxyl groups excluding tert-OH is 1. The molecule has 1 fully saturated rings. The Kier molecular flexibility index (Phi) is 4.28. The summed E-state index contributed by atoms with van der Waals surface area (Å²) in [4.78, 5) is 2.22. The van der Waals surface area contributed by atoms with Gasteiger partial charge in [-0.1, -0.05) is 0 Å². The summed E-state index contributed by atoms with van der Waals surface area (Å²) in [6.07, 6.45) is 1.42. The molecule has 0 saturated carbocycles. The maximum Gasteiger partial charge on any atom is 0.197 e. The summed E-state index contributed by atoms with van der Waals surface area (Å²) in [7, 11) is 0. The van der Waals surface area contributed by atoms with Crippen LogP contribution in [-0.2, 0) is 0 Å². The summed E-state index contributed by atoms with van der Waals surface area (Å²) in [5, 5.41) is 10.4. The van der Waals surface area contributed by atoms with Gasteiger partial charge in [0.1, 0.15) is 13.2 Å². The van der Waals surface area contributed by atoms with E-state index >= 15 is 0 Å². The van der Waals surface area contributed by atoms with Gasteiger partial charge in [0.25, 0.3) is 0 Å². The summed E-state index contributed by atoms with van der Waals surface area (Å²) in [6.45, 7) is 3.34. The third kappa shape index (κ3) is 3.12. The first kappa shape index (κ1) is 14.6. The van der Waals surface area contributed by atoms with Crippen molar-refractivity contribution in [2.75, 3.05) is 32.8 Å². The van der Waals surface area contributed by atoms with Crippen molar-refractivity contribution >= 4 is 0 Å². The number of fused-ring (bicyclic) bond motifs is 1. The lowest BCUT2D eigenvalue weighted by Crippen LogP contribution is -2.40. The number of nitrogens with two attached hydrogens (primary N) is 1. The van der Waals surface area contributed by atoms with Crippen LogP contribution in [0.3, 0.4) is 0 Å². The fourth-order valence-electron chi connectivity index (χ4n) is 2.91. The van der Waals surface area contributed by atoms with Gasteiger partial charge >= 0.3 is 0 Å². The second-order valence-electron chi connectivity index (χ2n) is 5.64. The Labute approximate surface area is 123 Å². The van der Waals surface area contributed by atoms with Crippen molar-refractivity contribution < 1.29 is 19.0 Å². The van der Waals surface area contributed by atoms with E-state index in [9.17, 15) is 9.50 Å². The first-order chi connectivity index (χ1) is 10.1. The van der Waals surface area contributed by atoms with Crippen LogP contribution in [0.5, 0.6) is 11.5 Å². The lowest BCUT2D eigenvalue weighted by atomic mass is 10.0. The predicted molar refractivity (Wildman–Crippen MR) is 76.0 cm³/mol. The van der Waals surface area contributed by atoms with Crippen LogP contribution in [0.2, 0.25) is 0 Å². The Morgan fingerprint density at radius 1 is 1.24 bits per heavy atom. The van der Waals surface area contributed by atoms with E-state index in [0.29, 0.717) is 31.1 Å². The first-order valence-corrected chi connectivity index (χ1v) is 7.40. The number of likely N-dealkylation sites (tertiary alicyclic amines) is 1. The van der Waals surface area contributed by atoms with E-state index in [1.165, 1.54) is 18.9 Å². The van der Waals surface area contributed by atoms with Crippen LogP contribution in [0.4, 0.5) is 4.39 Å². The number of benzene rings is 1. The summed E-state index contributed by atoms with van der Waals surface area (Å²) >= 11 is 0. The van der Waals surface area contributed by atoms with Gasteiger partial charge in [-0.15, -0.1) is 0 Å². The Bertz CT molecular complexity index is 506. The molecule has 1 aromatic carbocycles. The van der Waals surface area contributed by atoms with Crippen molar-refractivity contribution in [3.63, 3.8) is 0 Å². The van der Waals surface area contributed by atoms with Gasteiger partial charge in [0.2, 0.25) is 0 Å². The van der Waals surface area contributed by atoms with Crippen LogP contribution in [0.25, 0.3) is 0 Å². The number of aliphatic hydroxyl groups is 1. The molecule has 2 heterocycles. The number of hydrogen-bond donors (Lipinski definition) is 2. The van der Waals surface area contributed by atoms with Gasteiger partial charge in [0, 0.05) is 12.6 Å². The van der Waals surface area contributed by atoms with Crippen LogP contribution in [-0.4, -0.2) is 48.9 Å². The molecule has 116 valence electrons. The fraction of sp³-hybridized carbons (Fsp3) is 0.600. The molecule has 2 atom stereocenters. The fourth-order valence-corrected chi connectivity index (χ4v) is 2.91. The third-order valence-corrected chi connectivity index (χ3v) is 4.03. The number of rotatable bonds is 4. The molecular weight excluding hydrogens is 275 g/mol. The summed E-state index contributed by atoms with van der Waals surface area (Å²) in [5.41, 5.74) is 6.50. The van der Waals surface area contributed by atoms with Crippen molar-refractivity contribution in [1.29, 1.82) is 0 Å². The minimum atomic E-state index is -0.920. The molecule has 2 aliphatic heterocycles. The number of hydrogen-bond acceptors (Lipinski definition) is 5. The molecule has 0 spiro atoms. The molecule has 3 rings (SSSR count). The zero-order valence-corrected chi connectivity index (χ0v) is 11.9. The Balaban J connectivity index is 1.74. The highest BCUT2D eigenvalue weighted by atomic mass is 19.1. The molecule has 21 heavy (non-hydrogen) atoms. The SMILES string of the molecule is NC(CN1CCCC1)[C@H](O)c1cc(F)c2c(c1)OCCO2. The van der Waals surface area contributed by atoms with Gasteiger partial charge in [-0.05, 0) is 43.6 Å². The van der Waals surface area contributed by atoms with Crippen LogP contribution < -0.4 is 15.2 Å². The second-order valence-corrected chi connectivity index (χ2v) is 5.64. The van der Waals surface area contributed by atoms with Crippen molar-refractivity contribution in [2.24, 2.45) is 5.73 Å². The monoisotopic (exact) mass is 296 g/mol. The molecule has 2 aliphatic rings. The normalized spacial score (nSPS) is 21.3. The van der Waals surface area contributed by atoms with Crippen molar-refractivity contribution in [3.8, 4) is 11.5 Å². The van der Waals surface area contributed by atoms with Gasteiger partial charge in [-0.25, -0.2) is 4.39 Å². The average Bonchev–Trinajstić information content (AvgIpc) is 2.99. The molecule has 3 N–H and O–H groups in total. The highest BCUT2D eigenvalue weighted by molar-refractivity contribution is 5.46. The molecule has 0 bridgehead atoms. The number of nitrogens with zero attached hydrogens (tertiary/aromatic N) is 1. The van der Waals surface area contributed by atoms with E-state index in [2.05, 4.69) is 4.90 Å². The highest BCUT2D eigenvalue weighted by Gasteiger charge is 2.25. The van der Waals surface area contributed by atoms with Gasteiger partial charge in [-0.2, -0.15) is 0 Å². The maximum absolute atomic E-state index is 14.0. The van der Waals surface area contributed by atoms with Crippen molar-refractivity contribution in [3.05, 3.63) is 23.5 Å². The Hall–Kier alpha value is -1.37. The number of ether oxygens (including phenoxy) is 2. The lowest BCUT2D eigenvalue weighted by molar-refractivity contribution is 0.122. The topological polar surface area (TPSA) is 68.0 Å². The van der Waals surface area contributed by atoms with Crippen LogP contribution in [0.15, 0.2) is 12.1 Å². The van der Waals surface area contributed by atoms with Gasteiger partial charge in [0.05, 0.1) is 6.10 Å². The van der Waals surface area contributed by atoms with Crippen molar-refractivity contribution in [1.82, 2.24) is 4.90 Å². The Morgan fingerprint density at radius 3 is 2.71 bits per heavy atom. The molecule has 6 heteroatoms. The zero-order chi connectivity index (χ0) is 14.8. The lowest BCUT2D eigenvalue weighted by Gasteiger charge is -2.26. The van der Waals surface area contributed by atoms with E-state index in [0.717, 1.165) is 13.1 Å². The van der Waals surface area contributed by atoms with E-state index < -0.39 is 18.0 Å².